The number of carbonyl (C=O) groups is 7. The molecule has 18 heteroatoms. The SMILES string of the molecule is BC(=O)N[C@H](C(=O)N[C@@H](Cc1cn(C(=O)OCc2ccccc2)cn1)C(=O)NC(CCC)C(O)C(=O)NCC(=O)N[C@H](C(=O)OCc1ccccc1)c1ccccc1)C1CCCCC1. The molecule has 1 fully saturated rings. The van der Waals surface area contributed by atoms with E-state index in [1.54, 1.807) is 73.7 Å². The van der Waals surface area contributed by atoms with E-state index >= 15 is 0 Å². The number of imidazole rings is 1. The highest BCUT2D eigenvalue weighted by molar-refractivity contribution is 6.57. The maximum atomic E-state index is 14.2. The van der Waals surface area contributed by atoms with Crippen LogP contribution in [0.2, 0.25) is 0 Å². The minimum atomic E-state index is -1.85. The second kappa shape index (κ2) is 24.7. The van der Waals surface area contributed by atoms with Crippen molar-refractivity contribution in [1.29, 1.82) is 0 Å². The molecule has 5 rings (SSSR count). The molecular formula is C46H56BN7O10. The van der Waals surface area contributed by atoms with Gasteiger partial charge in [0, 0.05) is 12.6 Å². The summed E-state index contributed by atoms with van der Waals surface area (Å²) >= 11 is 0. The molecule has 5 atom stereocenters. The number of benzene rings is 3. The van der Waals surface area contributed by atoms with E-state index in [2.05, 4.69) is 31.6 Å². The number of esters is 1. The first-order valence-corrected chi connectivity index (χ1v) is 21.5. The molecule has 0 spiro atoms. The van der Waals surface area contributed by atoms with E-state index in [-0.39, 0.29) is 37.7 Å². The van der Waals surface area contributed by atoms with E-state index in [4.69, 9.17) is 9.47 Å². The zero-order valence-electron chi connectivity index (χ0n) is 36.1. The summed E-state index contributed by atoms with van der Waals surface area (Å²) in [6.45, 7) is 1.14. The van der Waals surface area contributed by atoms with Crippen LogP contribution in [0.5, 0.6) is 0 Å². The van der Waals surface area contributed by atoms with Gasteiger partial charge in [-0.05, 0) is 41.9 Å². The third-order valence-electron chi connectivity index (χ3n) is 10.8. The van der Waals surface area contributed by atoms with Crippen LogP contribution >= 0.6 is 0 Å². The highest BCUT2D eigenvalue weighted by Gasteiger charge is 2.35. The van der Waals surface area contributed by atoms with Crippen molar-refractivity contribution in [3.63, 3.8) is 0 Å². The van der Waals surface area contributed by atoms with E-state index in [0.717, 1.165) is 35.0 Å². The highest BCUT2D eigenvalue weighted by Crippen LogP contribution is 2.27. The van der Waals surface area contributed by atoms with Gasteiger partial charge in [0.15, 0.2) is 18.0 Å². The first-order chi connectivity index (χ1) is 30.9. The van der Waals surface area contributed by atoms with Crippen LogP contribution in [0.3, 0.4) is 0 Å². The second-order valence-electron chi connectivity index (χ2n) is 15.7. The van der Waals surface area contributed by atoms with Crippen molar-refractivity contribution in [2.24, 2.45) is 5.92 Å². The van der Waals surface area contributed by atoms with Crippen LogP contribution in [0.25, 0.3) is 0 Å². The van der Waals surface area contributed by atoms with Crippen LogP contribution in [-0.2, 0) is 53.1 Å². The Kier molecular flexibility index (Phi) is 18.6. The lowest BCUT2D eigenvalue weighted by atomic mass is 9.83. The van der Waals surface area contributed by atoms with Crippen LogP contribution in [0.15, 0.2) is 104 Å². The standard InChI is InChI=1S/C46H56BN7O10/c1-2-15-35(40(56)43(59)48-25-37(55)52-39(33-22-13-6-14-23-33)44(60)63-27-30-16-7-3-8-17-30)50-41(57)36(51-42(58)38(53-45(47)61)32-20-11-5-12-21-32)24-34-26-54(29-49-34)46(62)64-28-31-18-9-4-10-19-31/h3-4,6-10,13-14,16-19,22-23,26,29,32,35-36,38-40,56H,2,5,11-12,15,20-21,24-25,27-28,47H2,1H3,(H,48,59)(H,50,57)(H,51,58)(H,52,55)(H,53,61)/t35?,36-,38-,39-,40?/m0/s1. The summed E-state index contributed by atoms with van der Waals surface area (Å²) < 4.78 is 12.0. The lowest BCUT2D eigenvalue weighted by Gasteiger charge is -2.31. The van der Waals surface area contributed by atoms with E-state index in [1.807, 2.05) is 24.3 Å². The van der Waals surface area contributed by atoms with Gasteiger partial charge in [-0.2, -0.15) is 0 Å². The maximum Gasteiger partial charge on any atom is 0.419 e. The number of aromatic nitrogens is 2. The molecule has 338 valence electrons. The van der Waals surface area contributed by atoms with Gasteiger partial charge >= 0.3 is 12.1 Å². The van der Waals surface area contributed by atoms with Crippen molar-refractivity contribution >= 4 is 49.3 Å². The van der Waals surface area contributed by atoms with Crippen molar-refractivity contribution in [2.75, 3.05) is 6.54 Å². The van der Waals surface area contributed by atoms with Crippen molar-refractivity contribution in [2.45, 2.75) is 102 Å². The zero-order chi connectivity index (χ0) is 45.8. The van der Waals surface area contributed by atoms with Crippen LogP contribution in [0, 0.1) is 5.92 Å². The molecule has 1 heterocycles. The van der Waals surface area contributed by atoms with Gasteiger partial charge < -0.3 is 41.2 Å². The Morgan fingerprint density at radius 2 is 1.38 bits per heavy atom. The van der Waals surface area contributed by atoms with E-state index in [1.165, 1.54) is 20.4 Å². The lowest BCUT2D eigenvalue weighted by Crippen LogP contribution is -2.59. The Bertz CT molecular complexity index is 2170. The molecule has 17 nitrogen and oxygen atoms in total. The Labute approximate surface area is 372 Å². The molecule has 1 saturated carbocycles. The summed E-state index contributed by atoms with van der Waals surface area (Å²) in [6, 6.07) is 21.9. The first kappa shape index (κ1) is 48.2. The van der Waals surface area contributed by atoms with Crippen molar-refractivity contribution in [3.05, 3.63) is 126 Å². The minimum Gasteiger partial charge on any atom is -0.459 e. The maximum absolute atomic E-state index is 14.2. The number of aliphatic hydroxyl groups is 1. The third-order valence-corrected chi connectivity index (χ3v) is 10.8. The summed E-state index contributed by atoms with van der Waals surface area (Å²) in [6.07, 6.45) is 4.51. The molecule has 5 amide bonds. The molecule has 0 radical (unpaired) electrons. The monoisotopic (exact) mass is 877 g/mol. The number of ether oxygens (including phenoxy) is 2. The third kappa shape index (κ3) is 14.9. The number of nitrogens with zero attached hydrogens (tertiary/aromatic N) is 2. The van der Waals surface area contributed by atoms with E-state index in [0.29, 0.717) is 24.8 Å². The molecular weight excluding hydrogens is 821 g/mol. The van der Waals surface area contributed by atoms with Gasteiger partial charge in [0.2, 0.25) is 25.6 Å². The Balaban J connectivity index is 1.26. The Morgan fingerprint density at radius 1 is 0.766 bits per heavy atom. The molecule has 1 aromatic heterocycles. The quantitative estimate of drug-likeness (QED) is 0.0526. The van der Waals surface area contributed by atoms with Crippen LogP contribution < -0.4 is 26.6 Å². The molecule has 4 aromatic rings. The van der Waals surface area contributed by atoms with Gasteiger partial charge in [0.1, 0.15) is 31.6 Å². The van der Waals surface area contributed by atoms with E-state index in [9.17, 15) is 38.7 Å². The van der Waals surface area contributed by atoms with Gasteiger partial charge in [-0.15, -0.1) is 0 Å². The number of amides is 5. The van der Waals surface area contributed by atoms with Crippen molar-refractivity contribution in [3.8, 4) is 0 Å². The molecule has 1 aliphatic rings. The molecule has 1 aliphatic carbocycles. The van der Waals surface area contributed by atoms with Crippen molar-refractivity contribution < 1.29 is 48.1 Å². The number of nitrogens with one attached hydrogen (secondary N) is 5. The lowest BCUT2D eigenvalue weighted by molar-refractivity contribution is -0.149. The van der Waals surface area contributed by atoms with Crippen LogP contribution in [-0.4, -0.2) is 94.8 Å². The predicted molar refractivity (Wildman–Crippen MR) is 237 cm³/mol. The van der Waals surface area contributed by atoms with Gasteiger partial charge in [-0.3, -0.25) is 24.0 Å². The van der Waals surface area contributed by atoms with Gasteiger partial charge in [-0.25, -0.2) is 19.1 Å². The molecule has 2 unspecified atom stereocenters. The first-order valence-electron chi connectivity index (χ1n) is 21.5. The molecule has 64 heavy (non-hydrogen) atoms. The van der Waals surface area contributed by atoms with Gasteiger partial charge in [0.25, 0.3) is 5.91 Å². The average molecular weight is 878 g/mol. The van der Waals surface area contributed by atoms with Gasteiger partial charge in [-0.1, -0.05) is 124 Å². The Morgan fingerprint density at radius 3 is 1.98 bits per heavy atom. The Hall–Kier alpha value is -6.82. The molecule has 0 bridgehead atoms. The molecule has 0 aliphatic heterocycles. The second-order valence-corrected chi connectivity index (χ2v) is 15.7. The largest absolute Gasteiger partial charge is 0.459 e. The summed E-state index contributed by atoms with van der Waals surface area (Å²) in [5, 5.41) is 24.4. The number of aliphatic hydroxyl groups excluding tert-OH is 1. The molecule has 3 aromatic carbocycles. The van der Waals surface area contributed by atoms with Crippen LogP contribution in [0.1, 0.15) is 80.3 Å². The summed E-state index contributed by atoms with van der Waals surface area (Å²) in [5.41, 5.74) is 2.21. The molecule has 6 N–H and O–H groups in total. The fourth-order valence-electron chi connectivity index (χ4n) is 7.43. The topological polar surface area (TPSA) is 236 Å². The predicted octanol–water partition coefficient (Wildman–Crippen LogP) is 2.75. The normalized spacial score (nSPS) is 14.9. The number of hydrogen-bond donors (Lipinski definition) is 6. The zero-order valence-corrected chi connectivity index (χ0v) is 36.1. The summed E-state index contributed by atoms with van der Waals surface area (Å²) in [7, 11) is 1.31. The highest BCUT2D eigenvalue weighted by atomic mass is 16.5. The smallest absolute Gasteiger partial charge is 0.419 e. The van der Waals surface area contributed by atoms with Gasteiger partial charge in [0.05, 0.1) is 18.3 Å². The summed E-state index contributed by atoms with van der Waals surface area (Å²) in [4.78, 5) is 97.2. The number of hydrogen-bond acceptors (Lipinski definition) is 11. The van der Waals surface area contributed by atoms with Crippen molar-refractivity contribution in [1.82, 2.24) is 36.1 Å². The minimum absolute atomic E-state index is 0.0113. The van der Waals surface area contributed by atoms with E-state index < -0.39 is 78.3 Å². The fourth-order valence-corrected chi connectivity index (χ4v) is 7.43. The fraction of sp³-hybridized carbons (Fsp3) is 0.391. The molecule has 0 saturated heterocycles. The number of rotatable bonds is 21. The average Bonchev–Trinajstić information content (AvgIpc) is 3.79. The number of carbonyl (C=O) groups excluding carboxylic acids is 7. The summed E-state index contributed by atoms with van der Waals surface area (Å²) in [5.74, 6) is -4.41. The van der Waals surface area contributed by atoms with Crippen LogP contribution in [0.4, 0.5) is 9.59 Å².